The van der Waals surface area contributed by atoms with Crippen LogP contribution < -0.4 is 4.90 Å². The molecule has 10 rings (SSSR count). The predicted molar refractivity (Wildman–Crippen MR) is 228 cm³/mol. The molecule has 254 valence electrons. The number of nitrogens with zero attached hydrogens (tertiary/aromatic N) is 1. The van der Waals surface area contributed by atoms with Gasteiger partial charge in [-0.2, -0.15) is 0 Å². The number of fused-ring (bicyclic) bond motifs is 5. The average molecular weight is 712 g/mol. The van der Waals surface area contributed by atoms with E-state index in [-0.39, 0.29) is 11.3 Å². The molecule has 0 saturated heterocycles. The predicted octanol–water partition coefficient (Wildman–Crippen LogP) is 14.9. The van der Waals surface area contributed by atoms with Crippen LogP contribution in [0.5, 0.6) is 0 Å². The second-order valence-corrected chi connectivity index (χ2v) is 12.0. The zero-order chi connectivity index (χ0) is 55.0. The Labute approximate surface area is 345 Å². The lowest BCUT2D eigenvalue weighted by molar-refractivity contribution is 0.672. The van der Waals surface area contributed by atoms with Gasteiger partial charge >= 0.3 is 0 Å². The van der Waals surface area contributed by atoms with Gasteiger partial charge in [0.25, 0.3) is 0 Å². The fraction of sp³-hybridized carbons (Fsp3) is 0. The molecule has 2 heteroatoms. The highest BCUT2D eigenvalue weighted by molar-refractivity contribution is 6.15. The van der Waals surface area contributed by atoms with Crippen molar-refractivity contribution < 1.29 is 34.6 Å². The molecule has 0 radical (unpaired) electrons. The van der Waals surface area contributed by atoms with Gasteiger partial charge in [-0.3, -0.25) is 0 Å². The minimum atomic E-state index is -0.959. The second kappa shape index (κ2) is 13.4. The molecule has 1 aromatic heterocycles. The van der Waals surface area contributed by atoms with E-state index in [2.05, 4.69) is 0 Å². The van der Waals surface area contributed by atoms with Gasteiger partial charge in [-0.1, -0.05) is 163 Å². The second-order valence-electron chi connectivity index (χ2n) is 12.0. The molecule has 0 N–H and O–H groups in total. The third kappa shape index (κ3) is 5.71. The van der Waals surface area contributed by atoms with Crippen molar-refractivity contribution in [3.63, 3.8) is 0 Å². The lowest BCUT2D eigenvalue weighted by Gasteiger charge is -2.28. The van der Waals surface area contributed by atoms with Crippen LogP contribution in [0.1, 0.15) is 30.2 Å². The largest absolute Gasteiger partial charge is 0.455 e. The lowest BCUT2D eigenvalue weighted by atomic mass is 9.98. The van der Waals surface area contributed by atoms with E-state index in [0.29, 0.717) is 22.1 Å². The molecule has 0 saturated carbocycles. The molecule has 0 fully saturated rings. The molecule has 0 unspecified atom stereocenters. The van der Waals surface area contributed by atoms with Crippen molar-refractivity contribution in [3.8, 4) is 44.5 Å². The van der Waals surface area contributed by atoms with Gasteiger partial charge in [0.1, 0.15) is 11.2 Å². The standard InChI is InChI=1S/C52H35NO/c1-3-11-36(12-4-1)38-19-21-39(22-20-38)41-25-31-45(32-26-41)53(44-29-23-40(24-30-44)37-13-5-2-6-14-37)50-18-10-9-16-46(50)43-28-34-51-49(35-43)48-33-27-42-15-7-8-17-47(42)52(48)54-51/h1-35H/i1D,2D,3D,4D,5D,6D,11D,12D,13D,14D,19D,20D,21D,22D,23D,24D,25D,26D,29D,30D,31D,32D. The normalized spacial score (nSPS) is 17.0. The first kappa shape index (κ1) is 16.2. The van der Waals surface area contributed by atoms with Gasteiger partial charge in [-0.15, -0.1) is 0 Å². The van der Waals surface area contributed by atoms with Gasteiger partial charge in [-0.25, -0.2) is 0 Å². The summed E-state index contributed by atoms with van der Waals surface area (Å²) in [4.78, 5) is 0.980. The number of anilines is 3. The average Bonchev–Trinajstić information content (AvgIpc) is 3.94. The number of rotatable bonds is 7. The van der Waals surface area contributed by atoms with E-state index in [4.69, 9.17) is 23.6 Å². The Hall–Kier alpha value is -7.16. The number of hydrogen-bond donors (Lipinski definition) is 0. The molecule has 54 heavy (non-hydrogen) atoms. The van der Waals surface area contributed by atoms with E-state index in [0.717, 1.165) is 21.1 Å². The van der Waals surface area contributed by atoms with Gasteiger partial charge in [0, 0.05) is 33.1 Å². The minimum absolute atomic E-state index is 0.0303. The Morgan fingerprint density at radius 3 is 1.52 bits per heavy atom. The number of furan rings is 1. The molecule has 10 aromatic rings. The molecule has 0 aliphatic carbocycles. The molecule has 0 aliphatic rings. The molecule has 0 atom stereocenters. The summed E-state index contributed by atoms with van der Waals surface area (Å²) in [6.45, 7) is 0. The van der Waals surface area contributed by atoms with Crippen LogP contribution in [0.2, 0.25) is 0 Å². The maximum absolute atomic E-state index is 9.67. The summed E-state index contributed by atoms with van der Waals surface area (Å²) in [6.07, 6.45) is 0. The van der Waals surface area contributed by atoms with Gasteiger partial charge in [0.2, 0.25) is 0 Å². The minimum Gasteiger partial charge on any atom is -0.455 e. The first-order valence-corrected chi connectivity index (χ1v) is 16.6. The Balaban J connectivity index is 1.27. The first-order valence-electron chi connectivity index (χ1n) is 27.6. The summed E-state index contributed by atoms with van der Waals surface area (Å²) in [5.41, 5.74) is -3.65. The van der Waals surface area contributed by atoms with Crippen LogP contribution in [-0.2, 0) is 0 Å². The molecule has 0 amide bonds. The highest BCUT2D eigenvalue weighted by atomic mass is 16.3. The van der Waals surface area contributed by atoms with Crippen molar-refractivity contribution in [3.05, 3.63) is 212 Å². The monoisotopic (exact) mass is 711 g/mol. The lowest BCUT2D eigenvalue weighted by Crippen LogP contribution is -2.11. The quantitative estimate of drug-likeness (QED) is 0.164. The van der Waals surface area contributed by atoms with Crippen molar-refractivity contribution in [2.75, 3.05) is 4.90 Å². The van der Waals surface area contributed by atoms with E-state index in [9.17, 15) is 11.0 Å². The van der Waals surface area contributed by atoms with Crippen molar-refractivity contribution >= 4 is 49.8 Å². The highest BCUT2D eigenvalue weighted by Crippen LogP contribution is 2.43. The van der Waals surface area contributed by atoms with Gasteiger partial charge < -0.3 is 9.32 Å². The summed E-state index contributed by atoms with van der Waals surface area (Å²) in [6, 6.07) is 3.80. The molecular weight excluding hydrogens is 655 g/mol. The summed E-state index contributed by atoms with van der Waals surface area (Å²) in [7, 11) is 0. The van der Waals surface area contributed by atoms with Crippen LogP contribution in [0.15, 0.2) is 216 Å². The topological polar surface area (TPSA) is 16.4 Å². The van der Waals surface area contributed by atoms with E-state index >= 15 is 0 Å². The molecule has 1 heterocycles. The maximum Gasteiger partial charge on any atom is 0.143 e. The Kier molecular flexibility index (Phi) is 4.04. The summed E-state index contributed by atoms with van der Waals surface area (Å²) < 4.78 is 202. The first-order chi connectivity index (χ1) is 35.9. The third-order valence-corrected chi connectivity index (χ3v) is 8.86. The molecule has 2 nitrogen and oxygen atoms in total. The molecular formula is C52H35NO. The highest BCUT2D eigenvalue weighted by Gasteiger charge is 2.19. The number of para-hydroxylation sites is 1. The van der Waals surface area contributed by atoms with Crippen molar-refractivity contribution in [2.24, 2.45) is 0 Å². The molecule has 0 spiro atoms. The SMILES string of the molecule is [2H]c1c([2H])c([2H])c(-c2c([2H])c([2H])c(-c3c([2H])c([2H])c(N(c4ccccc4-c4ccc5oc6c7ccccc7ccc6c5c4)c4c([2H])c([2H])c(-c5c([2H])c([2H])c([2H])c([2H])c5[2H])c([2H])c4[2H])c([2H])c3[2H])c([2H])c2[2H])c([2H])c1[2H]. The van der Waals surface area contributed by atoms with E-state index < -0.39 is 178 Å². The zero-order valence-electron chi connectivity index (χ0n) is 49.9. The van der Waals surface area contributed by atoms with Crippen LogP contribution in [0.3, 0.4) is 0 Å². The summed E-state index contributed by atoms with van der Waals surface area (Å²) >= 11 is 0. The molecule has 0 aliphatic heterocycles. The van der Waals surface area contributed by atoms with E-state index in [1.807, 2.05) is 36.4 Å². The fourth-order valence-electron chi connectivity index (χ4n) is 6.34. The van der Waals surface area contributed by atoms with Crippen LogP contribution in [-0.4, -0.2) is 0 Å². The van der Waals surface area contributed by atoms with Crippen LogP contribution in [0, 0.1) is 0 Å². The fourth-order valence-corrected chi connectivity index (χ4v) is 6.34. The Morgan fingerprint density at radius 2 is 0.907 bits per heavy atom. The smallest absolute Gasteiger partial charge is 0.143 e. The van der Waals surface area contributed by atoms with Crippen molar-refractivity contribution in [1.82, 2.24) is 0 Å². The van der Waals surface area contributed by atoms with Gasteiger partial charge in [0.05, 0.1) is 35.8 Å². The third-order valence-electron chi connectivity index (χ3n) is 8.86. The molecule has 0 bridgehead atoms. The zero-order valence-corrected chi connectivity index (χ0v) is 27.9. The van der Waals surface area contributed by atoms with Crippen molar-refractivity contribution in [2.45, 2.75) is 0 Å². The van der Waals surface area contributed by atoms with Crippen LogP contribution in [0.4, 0.5) is 17.1 Å². The van der Waals surface area contributed by atoms with E-state index in [1.54, 1.807) is 30.3 Å². The van der Waals surface area contributed by atoms with Crippen molar-refractivity contribution in [1.29, 1.82) is 0 Å². The maximum atomic E-state index is 9.67. The van der Waals surface area contributed by atoms with E-state index in [1.165, 1.54) is 12.1 Å². The Morgan fingerprint density at radius 1 is 0.389 bits per heavy atom. The Bertz CT molecular complexity index is 4080. The number of hydrogen-bond acceptors (Lipinski definition) is 2. The summed E-state index contributed by atoms with van der Waals surface area (Å²) in [5, 5.41) is 3.20. The van der Waals surface area contributed by atoms with Crippen LogP contribution >= 0.6 is 0 Å². The van der Waals surface area contributed by atoms with Gasteiger partial charge in [-0.05, 0) is 92.8 Å². The van der Waals surface area contributed by atoms with Crippen LogP contribution in [0.25, 0.3) is 77.2 Å². The molecule has 9 aromatic carbocycles. The number of benzene rings is 9. The van der Waals surface area contributed by atoms with Gasteiger partial charge in [0.15, 0.2) is 0 Å². The summed E-state index contributed by atoms with van der Waals surface area (Å²) in [5.74, 6) is 0.